The number of allylic oxidation sites excluding steroid dienone is 3. The second kappa shape index (κ2) is 8.49. The van der Waals surface area contributed by atoms with Crippen LogP contribution in [0.15, 0.2) is 23.3 Å². The highest BCUT2D eigenvalue weighted by atomic mass is 16.3. The summed E-state index contributed by atoms with van der Waals surface area (Å²) in [5, 5.41) is 31.8. The molecule has 4 aliphatic rings. The van der Waals surface area contributed by atoms with Crippen molar-refractivity contribution in [3.05, 3.63) is 23.3 Å². The van der Waals surface area contributed by atoms with E-state index in [2.05, 4.69) is 40.7 Å². The van der Waals surface area contributed by atoms with Gasteiger partial charge in [-0.25, -0.2) is 0 Å². The van der Waals surface area contributed by atoms with Crippen LogP contribution in [0.1, 0.15) is 99.8 Å². The number of rotatable bonds is 5. The van der Waals surface area contributed by atoms with Crippen LogP contribution in [0.3, 0.4) is 0 Å². The highest BCUT2D eigenvalue weighted by Gasteiger charge is 2.65. The third kappa shape index (κ3) is 3.71. The Balaban J connectivity index is 1.65. The van der Waals surface area contributed by atoms with Gasteiger partial charge in [0, 0.05) is 6.61 Å². The van der Waals surface area contributed by atoms with E-state index in [1.165, 1.54) is 19.3 Å². The Bertz CT molecular complexity index is 807. The molecule has 0 saturated heterocycles. The maximum atomic E-state index is 10.8. The van der Waals surface area contributed by atoms with Crippen LogP contribution < -0.4 is 0 Å². The summed E-state index contributed by atoms with van der Waals surface area (Å²) in [6, 6.07) is 0. The third-order valence-corrected chi connectivity index (χ3v) is 11.8. The third-order valence-electron chi connectivity index (χ3n) is 11.8. The van der Waals surface area contributed by atoms with Crippen molar-refractivity contribution in [1.29, 1.82) is 0 Å². The number of hydrogen-bond donors (Lipinski definition) is 3. The fourth-order valence-electron chi connectivity index (χ4n) is 9.63. The highest BCUT2D eigenvalue weighted by Crippen LogP contribution is 2.73. The minimum absolute atomic E-state index is 0.0298. The van der Waals surface area contributed by atoms with E-state index < -0.39 is 6.10 Å². The number of hydrogen-bond acceptors (Lipinski definition) is 3. The zero-order chi connectivity index (χ0) is 24.4. The second-order valence-corrected chi connectivity index (χ2v) is 13.8. The van der Waals surface area contributed by atoms with Crippen LogP contribution in [-0.4, -0.2) is 34.1 Å². The molecular formula is C30H50O3. The van der Waals surface area contributed by atoms with Crippen molar-refractivity contribution < 1.29 is 15.3 Å². The Labute approximate surface area is 202 Å². The molecule has 3 heteroatoms. The first-order chi connectivity index (χ1) is 15.3. The Kier molecular flexibility index (Phi) is 6.55. The quantitative estimate of drug-likeness (QED) is 0.425. The predicted molar refractivity (Wildman–Crippen MR) is 136 cm³/mol. The van der Waals surface area contributed by atoms with Gasteiger partial charge in [0.05, 0.1) is 12.2 Å². The first-order valence-corrected chi connectivity index (χ1v) is 13.6. The zero-order valence-corrected chi connectivity index (χ0v) is 22.3. The standard InChI is InChI=1S/C30H50O3/c1-19(2)16-21(32)17-20(18-31)22-10-14-30(7)24-8-9-25-27(3,4)26(33)12-13-28(25,5)23(24)11-15-29(22,30)6/h8,16,20-23,25-26,31-33H,9-15,17-18H2,1-7H3. The molecule has 3 N–H and O–H groups in total. The lowest BCUT2D eigenvalue weighted by molar-refractivity contribution is -0.132. The molecule has 0 spiro atoms. The molecule has 4 aliphatic carbocycles. The van der Waals surface area contributed by atoms with Gasteiger partial charge >= 0.3 is 0 Å². The lowest BCUT2D eigenvalue weighted by atomic mass is 9.41. The number of fused-ring (bicyclic) bond motifs is 5. The fraction of sp³-hybridized carbons (Fsp3) is 0.867. The number of aliphatic hydroxyl groups excluding tert-OH is 3. The van der Waals surface area contributed by atoms with Crippen LogP contribution in [0.4, 0.5) is 0 Å². The van der Waals surface area contributed by atoms with Crippen LogP contribution in [0.2, 0.25) is 0 Å². The molecule has 9 unspecified atom stereocenters. The Hall–Kier alpha value is -0.640. The second-order valence-electron chi connectivity index (χ2n) is 13.8. The maximum Gasteiger partial charge on any atom is 0.0726 e. The Morgan fingerprint density at radius 1 is 1.06 bits per heavy atom. The molecule has 9 atom stereocenters. The highest BCUT2D eigenvalue weighted by molar-refractivity contribution is 5.33. The Morgan fingerprint density at radius 3 is 2.39 bits per heavy atom. The van der Waals surface area contributed by atoms with Gasteiger partial charge in [0.25, 0.3) is 0 Å². The number of aliphatic hydroxyl groups is 3. The molecule has 0 bridgehead atoms. The van der Waals surface area contributed by atoms with Crippen LogP contribution in [0, 0.1) is 45.3 Å². The molecule has 3 nitrogen and oxygen atoms in total. The molecular weight excluding hydrogens is 408 g/mol. The topological polar surface area (TPSA) is 60.7 Å². The van der Waals surface area contributed by atoms with Gasteiger partial charge in [-0.2, -0.15) is 0 Å². The van der Waals surface area contributed by atoms with Gasteiger partial charge in [-0.05, 0) is 111 Å². The summed E-state index contributed by atoms with van der Waals surface area (Å²) in [5.41, 5.74) is 3.41. The lowest BCUT2D eigenvalue weighted by Crippen LogP contribution is -2.58. The summed E-state index contributed by atoms with van der Waals surface area (Å²) in [4.78, 5) is 0. The van der Waals surface area contributed by atoms with E-state index in [-0.39, 0.29) is 40.3 Å². The van der Waals surface area contributed by atoms with E-state index >= 15 is 0 Å². The normalized spacial score (nSPS) is 45.8. The fourth-order valence-corrected chi connectivity index (χ4v) is 9.63. The van der Waals surface area contributed by atoms with Crippen molar-refractivity contribution in [2.45, 2.75) is 112 Å². The summed E-state index contributed by atoms with van der Waals surface area (Å²) in [6.45, 7) is 16.4. The molecule has 0 heterocycles. The Morgan fingerprint density at radius 2 is 1.76 bits per heavy atom. The van der Waals surface area contributed by atoms with Gasteiger partial charge in [0.2, 0.25) is 0 Å². The van der Waals surface area contributed by atoms with Crippen LogP contribution >= 0.6 is 0 Å². The van der Waals surface area contributed by atoms with Crippen molar-refractivity contribution in [1.82, 2.24) is 0 Å². The summed E-state index contributed by atoms with van der Waals surface area (Å²) in [6.07, 6.45) is 12.5. The van der Waals surface area contributed by atoms with Gasteiger partial charge in [0.1, 0.15) is 0 Å². The van der Waals surface area contributed by atoms with Gasteiger partial charge < -0.3 is 15.3 Å². The minimum atomic E-state index is -0.469. The van der Waals surface area contributed by atoms with Crippen LogP contribution in [0.25, 0.3) is 0 Å². The van der Waals surface area contributed by atoms with Crippen molar-refractivity contribution in [2.24, 2.45) is 45.3 Å². The van der Waals surface area contributed by atoms with Crippen molar-refractivity contribution in [3.8, 4) is 0 Å². The smallest absolute Gasteiger partial charge is 0.0726 e. The molecule has 0 aliphatic heterocycles. The van der Waals surface area contributed by atoms with Crippen molar-refractivity contribution in [3.63, 3.8) is 0 Å². The summed E-state index contributed by atoms with van der Waals surface area (Å²) >= 11 is 0. The van der Waals surface area contributed by atoms with E-state index in [0.717, 1.165) is 31.3 Å². The first-order valence-electron chi connectivity index (χ1n) is 13.6. The van der Waals surface area contributed by atoms with Crippen LogP contribution in [0.5, 0.6) is 0 Å². The maximum absolute atomic E-state index is 10.8. The lowest BCUT2D eigenvalue weighted by Gasteiger charge is -2.64. The summed E-state index contributed by atoms with van der Waals surface area (Å²) < 4.78 is 0. The van der Waals surface area contributed by atoms with E-state index in [4.69, 9.17) is 0 Å². The monoisotopic (exact) mass is 458 g/mol. The van der Waals surface area contributed by atoms with E-state index in [1.54, 1.807) is 5.57 Å². The van der Waals surface area contributed by atoms with Gasteiger partial charge in [-0.15, -0.1) is 0 Å². The molecule has 188 valence electrons. The van der Waals surface area contributed by atoms with E-state index in [9.17, 15) is 15.3 Å². The van der Waals surface area contributed by atoms with Gasteiger partial charge in [0.15, 0.2) is 0 Å². The predicted octanol–water partition coefficient (Wildman–Crippen LogP) is 6.28. The summed E-state index contributed by atoms with van der Waals surface area (Å²) in [5.74, 6) is 1.75. The molecule has 3 saturated carbocycles. The van der Waals surface area contributed by atoms with Gasteiger partial charge in [-0.3, -0.25) is 0 Å². The van der Waals surface area contributed by atoms with Gasteiger partial charge in [-0.1, -0.05) is 57.9 Å². The minimum Gasteiger partial charge on any atom is -0.396 e. The molecule has 0 radical (unpaired) electrons. The zero-order valence-electron chi connectivity index (χ0n) is 22.3. The molecule has 0 aromatic carbocycles. The molecule has 4 rings (SSSR count). The van der Waals surface area contributed by atoms with E-state index in [0.29, 0.717) is 24.2 Å². The molecule has 0 amide bonds. The average molecular weight is 459 g/mol. The molecule has 0 aromatic heterocycles. The van der Waals surface area contributed by atoms with Crippen LogP contribution in [-0.2, 0) is 0 Å². The van der Waals surface area contributed by atoms with Crippen molar-refractivity contribution in [2.75, 3.05) is 6.61 Å². The van der Waals surface area contributed by atoms with E-state index in [1.807, 2.05) is 19.9 Å². The van der Waals surface area contributed by atoms with Crippen molar-refractivity contribution >= 4 is 0 Å². The molecule has 3 fully saturated rings. The average Bonchev–Trinajstić information content (AvgIpc) is 3.00. The first kappa shape index (κ1) is 25.5. The summed E-state index contributed by atoms with van der Waals surface area (Å²) in [7, 11) is 0. The SMILES string of the molecule is CC(C)=CC(O)CC(CO)C1CCC2(C)C3=CCC4C(C)(C)C(O)CCC4(C)C3CCC12C. The largest absolute Gasteiger partial charge is 0.396 e. The molecule has 0 aromatic rings. The molecule has 33 heavy (non-hydrogen) atoms.